The Morgan fingerprint density at radius 3 is 2.38 bits per heavy atom. The topological polar surface area (TPSA) is 77.8 Å². The van der Waals surface area contributed by atoms with Gasteiger partial charge in [-0.2, -0.15) is 0 Å². The highest BCUT2D eigenvalue weighted by Gasteiger charge is 2.10. The van der Waals surface area contributed by atoms with E-state index in [0.29, 0.717) is 6.42 Å². The molecule has 0 rings (SSSR count). The quantitative estimate of drug-likeness (QED) is 0.224. The van der Waals surface area contributed by atoms with Crippen LogP contribution in [0, 0.1) is 0 Å². The number of aliphatic hydroxyl groups is 2. The van der Waals surface area contributed by atoms with Crippen molar-refractivity contribution >= 4 is 5.97 Å². The van der Waals surface area contributed by atoms with Crippen LogP contribution >= 0.6 is 0 Å². The maximum atomic E-state index is 10.4. The molecule has 0 amide bonds. The van der Waals surface area contributed by atoms with Gasteiger partial charge in [0, 0.05) is 6.42 Å². The molecule has 0 heterocycles. The number of unbranched alkanes of at least 4 members (excludes halogenated alkanes) is 3. The number of carboxylic acid groups (broad SMARTS) is 1. The van der Waals surface area contributed by atoms with Gasteiger partial charge in [0.2, 0.25) is 0 Å². The molecule has 4 nitrogen and oxygen atoms in total. The minimum Gasteiger partial charge on any atom is -0.481 e. The van der Waals surface area contributed by atoms with Crippen molar-refractivity contribution in [3.63, 3.8) is 0 Å². The van der Waals surface area contributed by atoms with Crippen LogP contribution in [0.2, 0.25) is 0 Å². The van der Waals surface area contributed by atoms with Crippen molar-refractivity contribution in [1.29, 1.82) is 0 Å². The van der Waals surface area contributed by atoms with Crippen LogP contribution in [0.3, 0.4) is 0 Å². The maximum absolute atomic E-state index is 10.4. The van der Waals surface area contributed by atoms with Gasteiger partial charge in [0.1, 0.15) is 0 Å². The molecule has 2 atom stereocenters. The highest BCUT2D eigenvalue weighted by Crippen LogP contribution is 2.04. The fourth-order valence-electron chi connectivity index (χ4n) is 2.14. The van der Waals surface area contributed by atoms with E-state index in [4.69, 9.17) is 5.11 Å². The second-order valence-electron chi connectivity index (χ2n) is 6.07. The number of rotatable bonds is 15. The molecule has 146 valence electrons. The monoisotopic (exact) mass is 362 g/mol. The molecule has 0 saturated heterocycles. The van der Waals surface area contributed by atoms with Crippen LogP contribution in [0.1, 0.15) is 58.3 Å². The van der Waals surface area contributed by atoms with Crippen LogP contribution < -0.4 is 0 Å². The summed E-state index contributed by atoms with van der Waals surface area (Å²) in [4.78, 5) is 10.4. The highest BCUT2D eigenvalue weighted by atomic mass is 16.4. The molecule has 0 fully saturated rings. The summed E-state index contributed by atoms with van der Waals surface area (Å²) in [7, 11) is 0. The Morgan fingerprint density at radius 2 is 1.65 bits per heavy atom. The maximum Gasteiger partial charge on any atom is 0.303 e. The average molecular weight is 363 g/mol. The third-order valence-electron chi connectivity index (χ3n) is 3.65. The van der Waals surface area contributed by atoms with Crippen molar-refractivity contribution in [2.45, 2.75) is 70.5 Å². The van der Waals surface area contributed by atoms with Crippen molar-refractivity contribution in [2.75, 3.05) is 0 Å². The van der Waals surface area contributed by atoms with E-state index >= 15 is 0 Å². The molecule has 0 bridgehead atoms. The Balaban J connectivity index is 3.75. The number of hydrogen-bond acceptors (Lipinski definition) is 3. The molecule has 0 aromatic carbocycles. The summed E-state index contributed by atoms with van der Waals surface area (Å²) < 4.78 is 0. The van der Waals surface area contributed by atoms with Crippen LogP contribution in [0.4, 0.5) is 0 Å². The lowest BCUT2D eigenvalue weighted by molar-refractivity contribution is -0.137. The molecule has 0 radical (unpaired) electrons. The summed E-state index contributed by atoms with van der Waals surface area (Å²) in [6.07, 6.45) is 23.7. The fraction of sp³-hybridized carbons (Fsp3) is 0.500. The van der Waals surface area contributed by atoms with Gasteiger partial charge in [0.05, 0.1) is 12.2 Å². The average Bonchev–Trinajstić information content (AvgIpc) is 2.61. The van der Waals surface area contributed by atoms with Crippen molar-refractivity contribution in [3.8, 4) is 0 Å². The Morgan fingerprint density at radius 1 is 0.885 bits per heavy atom. The van der Waals surface area contributed by atoms with E-state index in [2.05, 4.69) is 12.2 Å². The van der Waals surface area contributed by atoms with Crippen LogP contribution in [-0.2, 0) is 4.79 Å². The zero-order chi connectivity index (χ0) is 19.5. The molecule has 3 N–H and O–H groups in total. The first-order valence-corrected chi connectivity index (χ1v) is 9.45. The molecule has 0 spiro atoms. The van der Waals surface area contributed by atoms with Crippen LogP contribution in [0.15, 0.2) is 60.8 Å². The second-order valence-corrected chi connectivity index (χ2v) is 6.07. The van der Waals surface area contributed by atoms with Crippen molar-refractivity contribution in [3.05, 3.63) is 60.8 Å². The molecular weight excluding hydrogens is 328 g/mol. The van der Waals surface area contributed by atoms with Gasteiger partial charge in [-0.3, -0.25) is 4.79 Å². The van der Waals surface area contributed by atoms with Gasteiger partial charge in [-0.25, -0.2) is 0 Å². The number of carbonyl (C=O) groups is 1. The van der Waals surface area contributed by atoms with Crippen molar-refractivity contribution in [1.82, 2.24) is 0 Å². The summed E-state index contributed by atoms with van der Waals surface area (Å²) in [5, 5.41) is 28.0. The zero-order valence-corrected chi connectivity index (χ0v) is 15.8. The van der Waals surface area contributed by atoms with Gasteiger partial charge in [-0.05, 0) is 38.5 Å². The molecule has 0 aromatic heterocycles. The molecule has 0 aromatic rings. The minimum absolute atomic E-state index is 0.263. The lowest BCUT2D eigenvalue weighted by atomic mass is 10.1. The van der Waals surface area contributed by atoms with Crippen molar-refractivity contribution in [2.24, 2.45) is 0 Å². The molecule has 0 aliphatic carbocycles. The largest absolute Gasteiger partial charge is 0.481 e. The van der Waals surface area contributed by atoms with Gasteiger partial charge < -0.3 is 15.3 Å². The fourth-order valence-corrected chi connectivity index (χ4v) is 2.14. The highest BCUT2D eigenvalue weighted by molar-refractivity contribution is 5.66. The van der Waals surface area contributed by atoms with E-state index in [0.717, 1.165) is 38.5 Å². The van der Waals surface area contributed by atoms with Gasteiger partial charge in [0.25, 0.3) is 0 Å². The predicted molar refractivity (Wildman–Crippen MR) is 108 cm³/mol. The first-order chi connectivity index (χ1) is 12.6. The van der Waals surface area contributed by atoms with E-state index in [9.17, 15) is 15.0 Å². The lowest BCUT2D eigenvalue weighted by Crippen LogP contribution is -2.22. The van der Waals surface area contributed by atoms with Gasteiger partial charge in [-0.1, -0.05) is 74.1 Å². The van der Waals surface area contributed by atoms with Gasteiger partial charge in [-0.15, -0.1) is 0 Å². The first-order valence-electron chi connectivity index (χ1n) is 9.45. The minimum atomic E-state index is -0.858. The van der Waals surface area contributed by atoms with E-state index in [1.165, 1.54) is 0 Å². The summed E-state index contributed by atoms with van der Waals surface area (Å²) in [6, 6.07) is 0. The summed E-state index contributed by atoms with van der Waals surface area (Å²) in [5.74, 6) is -0.719. The molecule has 26 heavy (non-hydrogen) atoms. The molecule has 1 unspecified atom stereocenters. The Labute approximate surface area is 157 Å². The van der Waals surface area contributed by atoms with Crippen LogP contribution in [0.25, 0.3) is 0 Å². The molecule has 4 heteroatoms. The van der Waals surface area contributed by atoms with Crippen LogP contribution in [-0.4, -0.2) is 33.5 Å². The SMILES string of the molecule is CC/C=C\C[C@@H](O)C(O)/C=C/C=C\C=C/C/C=C\CCCCCC(=O)O. The summed E-state index contributed by atoms with van der Waals surface area (Å²) in [5.41, 5.74) is 0. The third-order valence-corrected chi connectivity index (χ3v) is 3.65. The lowest BCUT2D eigenvalue weighted by Gasteiger charge is -2.11. The second kappa shape index (κ2) is 17.9. The number of hydrogen-bond donors (Lipinski definition) is 3. The van der Waals surface area contributed by atoms with E-state index in [-0.39, 0.29) is 6.42 Å². The number of aliphatic hydroxyl groups excluding tert-OH is 2. The Hall–Kier alpha value is -1.91. The Kier molecular flexibility index (Phi) is 16.6. The third kappa shape index (κ3) is 16.9. The summed E-state index contributed by atoms with van der Waals surface area (Å²) >= 11 is 0. The first kappa shape index (κ1) is 24.1. The molecule has 0 aliphatic heterocycles. The Bertz CT molecular complexity index is 486. The number of allylic oxidation sites excluding steroid dienone is 8. The standard InChI is InChI=1S/C22H34O4/c1-2-3-14-17-20(23)21(24)18-15-12-10-8-6-4-5-7-9-11-13-16-19-22(25)26/h3,5-8,10,12,14-15,18,20-21,23-24H,2,4,9,11,13,16-17,19H2,1H3,(H,25,26)/b7-5-,8-6-,12-10-,14-3-,18-15+/t20-,21?/m1/s1. The predicted octanol–water partition coefficient (Wildman–Crippen LogP) is 4.71. The van der Waals surface area contributed by atoms with Crippen LogP contribution in [0.5, 0.6) is 0 Å². The molecule has 0 aliphatic rings. The van der Waals surface area contributed by atoms with Gasteiger partial charge >= 0.3 is 5.97 Å². The normalized spacial score (nSPS) is 15.2. The smallest absolute Gasteiger partial charge is 0.303 e. The molecular formula is C22H34O4. The van der Waals surface area contributed by atoms with E-state index in [1.54, 1.807) is 12.2 Å². The van der Waals surface area contributed by atoms with E-state index < -0.39 is 18.2 Å². The van der Waals surface area contributed by atoms with Crippen molar-refractivity contribution < 1.29 is 20.1 Å². The number of aliphatic carboxylic acids is 1. The summed E-state index contributed by atoms with van der Waals surface area (Å²) in [6.45, 7) is 2.03. The molecule has 0 saturated carbocycles. The zero-order valence-electron chi connectivity index (χ0n) is 15.8. The van der Waals surface area contributed by atoms with E-state index in [1.807, 2.05) is 43.4 Å². The van der Waals surface area contributed by atoms with Gasteiger partial charge in [0.15, 0.2) is 0 Å². The number of carboxylic acids is 1.